The Morgan fingerprint density at radius 1 is 0.682 bits per heavy atom. The van der Waals surface area contributed by atoms with Crippen molar-refractivity contribution in [3.8, 4) is 0 Å². The van der Waals surface area contributed by atoms with E-state index in [0.717, 1.165) is 21.9 Å². The van der Waals surface area contributed by atoms with Gasteiger partial charge in [-0.2, -0.15) is 0 Å². The summed E-state index contributed by atoms with van der Waals surface area (Å²) in [6.07, 6.45) is -0.743. The lowest BCUT2D eigenvalue weighted by Gasteiger charge is -2.17. The molecule has 0 saturated heterocycles. The van der Waals surface area contributed by atoms with Gasteiger partial charge in [-0.05, 0) is 88.8 Å². The maximum atomic E-state index is 12.6. The van der Waals surface area contributed by atoms with Crippen LogP contribution in [-0.4, -0.2) is 23.1 Å². The molecule has 1 heterocycles. The van der Waals surface area contributed by atoms with Gasteiger partial charge in [0.2, 0.25) is 0 Å². The van der Waals surface area contributed by atoms with E-state index in [2.05, 4.69) is 36.9 Å². The maximum Gasteiger partial charge on any atom is 0.412 e. The van der Waals surface area contributed by atoms with Crippen molar-refractivity contribution in [1.29, 1.82) is 0 Å². The van der Waals surface area contributed by atoms with Crippen LogP contribution in [-0.2, 0) is 9.47 Å². The molecule has 222 valence electrons. The average molecular weight is 654 g/mol. The Balaban J connectivity index is 1.12. The number of carbonyl (C=O) groups is 3. The lowest BCUT2D eigenvalue weighted by atomic mass is 10.1. The number of ether oxygens (including phenoxy) is 2. The van der Waals surface area contributed by atoms with Gasteiger partial charge in [-0.25, -0.2) is 9.59 Å². The number of aromatic nitrogens is 1. The SMILES string of the molecule is CC(OC(=O)Nc1ccc(C(C)OC(=O)Nc2cccc3ccccc23)cc1)c1ccc(NC(=O)c2ccccn2)c(Br)c1. The molecule has 4 aromatic carbocycles. The zero-order valence-corrected chi connectivity index (χ0v) is 25.5. The number of hydrogen-bond donors (Lipinski definition) is 3. The molecule has 0 aliphatic carbocycles. The minimum atomic E-state index is -0.632. The van der Waals surface area contributed by atoms with Crippen LogP contribution in [0.15, 0.2) is 114 Å². The fourth-order valence-electron chi connectivity index (χ4n) is 4.48. The number of nitrogens with zero attached hydrogens (tertiary/aromatic N) is 1. The van der Waals surface area contributed by atoms with Crippen LogP contribution in [0.5, 0.6) is 0 Å². The highest BCUT2D eigenvalue weighted by atomic mass is 79.9. The number of benzene rings is 4. The molecule has 0 fully saturated rings. The minimum absolute atomic E-state index is 0.300. The van der Waals surface area contributed by atoms with Crippen LogP contribution < -0.4 is 16.0 Å². The monoisotopic (exact) mass is 652 g/mol. The average Bonchev–Trinajstić information content (AvgIpc) is 3.02. The quantitative estimate of drug-likeness (QED) is 0.154. The zero-order chi connectivity index (χ0) is 31.1. The van der Waals surface area contributed by atoms with E-state index >= 15 is 0 Å². The molecular weight excluding hydrogens is 624 g/mol. The summed E-state index contributed by atoms with van der Waals surface area (Å²) in [5, 5.41) is 10.3. The first-order chi connectivity index (χ1) is 21.3. The molecule has 0 radical (unpaired) electrons. The van der Waals surface area contributed by atoms with Crippen molar-refractivity contribution in [2.45, 2.75) is 26.1 Å². The molecule has 0 spiro atoms. The Hall–Kier alpha value is -5.22. The maximum absolute atomic E-state index is 12.6. The van der Waals surface area contributed by atoms with Crippen molar-refractivity contribution in [3.05, 3.63) is 131 Å². The second-order valence-corrected chi connectivity index (χ2v) is 10.8. The molecule has 0 aliphatic heterocycles. The van der Waals surface area contributed by atoms with Crippen LogP contribution >= 0.6 is 15.9 Å². The second-order valence-electron chi connectivity index (χ2n) is 9.90. The Bertz CT molecular complexity index is 1790. The molecule has 10 heteroatoms. The third kappa shape index (κ3) is 7.59. The van der Waals surface area contributed by atoms with Crippen molar-refractivity contribution in [2.24, 2.45) is 0 Å². The number of rotatable bonds is 8. The molecule has 1 aromatic heterocycles. The van der Waals surface area contributed by atoms with E-state index in [-0.39, 0.29) is 5.91 Å². The number of halogens is 1. The predicted octanol–water partition coefficient (Wildman–Crippen LogP) is 8.87. The summed E-state index contributed by atoms with van der Waals surface area (Å²) in [4.78, 5) is 41.7. The molecule has 0 saturated carbocycles. The van der Waals surface area contributed by atoms with E-state index in [1.54, 1.807) is 80.7 Å². The standard InChI is InChI=1S/C34H29BrN4O5/c1-21(43-34(42)39-29-12-7-9-24-8-3-4-10-27(24)29)23-13-16-26(17-14-23)37-33(41)44-22(2)25-15-18-30(28(35)20-25)38-32(40)31-11-5-6-19-36-31/h3-22H,1-2H3,(H,37,41)(H,38,40)(H,39,42). The van der Waals surface area contributed by atoms with Gasteiger partial charge in [0.1, 0.15) is 17.9 Å². The Morgan fingerprint density at radius 2 is 1.34 bits per heavy atom. The van der Waals surface area contributed by atoms with Gasteiger partial charge >= 0.3 is 12.2 Å². The summed E-state index contributed by atoms with van der Waals surface area (Å²) >= 11 is 3.47. The summed E-state index contributed by atoms with van der Waals surface area (Å²) in [6.45, 7) is 3.52. The Labute approximate surface area is 262 Å². The van der Waals surface area contributed by atoms with E-state index < -0.39 is 24.4 Å². The first-order valence-corrected chi connectivity index (χ1v) is 14.6. The van der Waals surface area contributed by atoms with Gasteiger partial charge in [-0.1, -0.05) is 60.7 Å². The summed E-state index contributed by atoms with van der Waals surface area (Å²) in [7, 11) is 0. The summed E-state index contributed by atoms with van der Waals surface area (Å²) in [5.41, 5.74) is 3.53. The molecule has 44 heavy (non-hydrogen) atoms. The number of nitrogens with one attached hydrogen (secondary N) is 3. The van der Waals surface area contributed by atoms with Gasteiger partial charge < -0.3 is 14.8 Å². The van der Waals surface area contributed by atoms with Crippen LogP contribution in [0.1, 0.15) is 47.7 Å². The van der Waals surface area contributed by atoms with E-state index in [0.29, 0.717) is 27.2 Å². The molecule has 3 amide bonds. The number of anilines is 3. The molecular formula is C34H29BrN4O5. The highest BCUT2D eigenvalue weighted by Gasteiger charge is 2.17. The minimum Gasteiger partial charge on any atom is -0.441 e. The van der Waals surface area contributed by atoms with Crippen molar-refractivity contribution in [3.63, 3.8) is 0 Å². The van der Waals surface area contributed by atoms with Crippen LogP contribution in [0.2, 0.25) is 0 Å². The fraction of sp³-hybridized carbons (Fsp3) is 0.118. The molecule has 3 N–H and O–H groups in total. The number of pyridine rings is 1. The topological polar surface area (TPSA) is 119 Å². The molecule has 5 aromatic rings. The Kier molecular flexibility index (Phi) is 9.51. The van der Waals surface area contributed by atoms with Crippen molar-refractivity contribution >= 4 is 61.9 Å². The van der Waals surface area contributed by atoms with Crippen molar-refractivity contribution in [1.82, 2.24) is 4.98 Å². The fourth-order valence-corrected chi connectivity index (χ4v) is 4.98. The van der Waals surface area contributed by atoms with Gasteiger partial charge in [0.25, 0.3) is 5.91 Å². The van der Waals surface area contributed by atoms with Crippen LogP contribution in [0, 0.1) is 0 Å². The summed E-state index contributed by atoms with van der Waals surface area (Å²) < 4.78 is 11.8. The lowest BCUT2D eigenvalue weighted by molar-refractivity contribution is 0.102. The number of carbonyl (C=O) groups excluding carboxylic acids is 3. The summed E-state index contributed by atoms with van der Waals surface area (Å²) in [6, 6.07) is 30.8. The smallest absolute Gasteiger partial charge is 0.412 e. The van der Waals surface area contributed by atoms with Crippen molar-refractivity contribution < 1.29 is 23.9 Å². The zero-order valence-electron chi connectivity index (χ0n) is 23.9. The highest BCUT2D eigenvalue weighted by molar-refractivity contribution is 9.10. The van der Waals surface area contributed by atoms with E-state index in [4.69, 9.17) is 9.47 Å². The highest BCUT2D eigenvalue weighted by Crippen LogP contribution is 2.29. The van der Waals surface area contributed by atoms with E-state index in [1.165, 1.54) is 0 Å². The largest absolute Gasteiger partial charge is 0.441 e. The molecule has 2 unspecified atom stereocenters. The van der Waals surface area contributed by atoms with Gasteiger partial charge in [0.15, 0.2) is 0 Å². The van der Waals surface area contributed by atoms with Gasteiger partial charge in [-0.15, -0.1) is 0 Å². The lowest BCUT2D eigenvalue weighted by Crippen LogP contribution is -2.17. The number of fused-ring (bicyclic) bond motifs is 1. The Morgan fingerprint density at radius 3 is 2.07 bits per heavy atom. The number of hydrogen-bond acceptors (Lipinski definition) is 6. The van der Waals surface area contributed by atoms with Crippen LogP contribution in [0.25, 0.3) is 10.8 Å². The van der Waals surface area contributed by atoms with Gasteiger partial charge in [-0.3, -0.25) is 20.4 Å². The van der Waals surface area contributed by atoms with Crippen LogP contribution in [0.4, 0.5) is 26.7 Å². The normalized spacial score (nSPS) is 12.1. The van der Waals surface area contributed by atoms with E-state index in [9.17, 15) is 14.4 Å². The third-order valence-electron chi connectivity index (χ3n) is 6.83. The number of amides is 3. The van der Waals surface area contributed by atoms with E-state index in [1.807, 2.05) is 42.5 Å². The molecule has 9 nitrogen and oxygen atoms in total. The third-order valence-corrected chi connectivity index (χ3v) is 7.48. The molecule has 0 bridgehead atoms. The van der Waals surface area contributed by atoms with Gasteiger partial charge in [0.05, 0.1) is 11.4 Å². The first kappa shape index (κ1) is 30.2. The summed E-state index contributed by atoms with van der Waals surface area (Å²) in [5.74, 6) is -0.334. The molecule has 2 atom stereocenters. The first-order valence-electron chi connectivity index (χ1n) is 13.8. The predicted molar refractivity (Wildman–Crippen MR) is 174 cm³/mol. The molecule has 5 rings (SSSR count). The van der Waals surface area contributed by atoms with Crippen molar-refractivity contribution in [2.75, 3.05) is 16.0 Å². The second kappa shape index (κ2) is 13.8. The molecule has 0 aliphatic rings. The van der Waals surface area contributed by atoms with Crippen LogP contribution in [0.3, 0.4) is 0 Å². The van der Waals surface area contributed by atoms with Gasteiger partial charge in [0, 0.05) is 21.7 Å².